The van der Waals surface area contributed by atoms with Crippen molar-refractivity contribution in [3.8, 4) is 0 Å². The van der Waals surface area contributed by atoms with Gasteiger partial charge in [0.15, 0.2) is 0 Å². The Labute approximate surface area is 78.6 Å². The first-order chi connectivity index (χ1) is 6.38. The Morgan fingerprint density at radius 2 is 2.15 bits per heavy atom. The van der Waals surface area contributed by atoms with Crippen LogP contribution in [0.25, 0.3) is 0 Å². The Morgan fingerprint density at radius 3 is 2.85 bits per heavy atom. The summed E-state index contributed by atoms with van der Waals surface area (Å²) >= 11 is 0. The third kappa shape index (κ3) is 1.86. The molecule has 3 heteroatoms. The van der Waals surface area contributed by atoms with Gasteiger partial charge >= 0.3 is 0 Å². The summed E-state index contributed by atoms with van der Waals surface area (Å²) in [4.78, 5) is 8.13. The predicted octanol–water partition coefficient (Wildman–Crippen LogP) is 1.19. The van der Waals surface area contributed by atoms with Gasteiger partial charge in [0.1, 0.15) is 6.33 Å². The maximum atomic E-state index is 4.06. The summed E-state index contributed by atoms with van der Waals surface area (Å²) in [5, 5.41) is 3.39. The standard InChI is InChI=1S/C10H15N3/c1-8-4-11-3-2-10(8)9-5-12-7-13-6-9/h5-8,10-11H,2-4H2,1H3. The van der Waals surface area contributed by atoms with Gasteiger partial charge in [-0.05, 0) is 36.9 Å². The SMILES string of the molecule is CC1CNCCC1c1cncnc1. The van der Waals surface area contributed by atoms with Crippen molar-refractivity contribution in [3.63, 3.8) is 0 Å². The fourth-order valence-electron chi connectivity index (χ4n) is 2.01. The molecule has 0 amide bonds. The van der Waals surface area contributed by atoms with Crippen molar-refractivity contribution in [1.29, 1.82) is 0 Å². The van der Waals surface area contributed by atoms with Crippen LogP contribution in [0.1, 0.15) is 24.8 Å². The van der Waals surface area contributed by atoms with Gasteiger partial charge in [0.2, 0.25) is 0 Å². The number of nitrogens with one attached hydrogen (secondary N) is 1. The van der Waals surface area contributed by atoms with Crippen molar-refractivity contribution in [3.05, 3.63) is 24.3 Å². The average molecular weight is 177 g/mol. The molecule has 0 spiro atoms. The second kappa shape index (κ2) is 3.83. The van der Waals surface area contributed by atoms with Crippen molar-refractivity contribution in [2.45, 2.75) is 19.3 Å². The summed E-state index contributed by atoms with van der Waals surface area (Å²) in [5.74, 6) is 1.34. The summed E-state index contributed by atoms with van der Waals surface area (Å²) in [7, 11) is 0. The molecule has 3 nitrogen and oxygen atoms in total. The smallest absolute Gasteiger partial charge is 0.115 e. The molecule has 1 aromatic rings. The molecule has 1 aliphatic heterocycles. The second-order valence-electron chi connectivity index (χ2n) is 3.75. The van der Waals surface area contributed by atoms with Crippen molar-refractivity contribution in [1.82, 2.24) is 15.3 Å². The number of aromatic nitrogens is 2. The van der Waals surface area contributed by atoms with Crippen molar-refractivity contribution in [2.24, 2.45) is 5.92 Å². The molecule has 0 aromatic carbocycles. The summed E-state index contributed by atoms with van der Waals surface area (Å²) in [6.07, 6.45) is 6.68. The average Bonchev–Trinajstić information content (AvgIpc) is 2.20. The van der Waals surface area contributed by atoms with E-state index in [4.69, 9.17) is 0 Å². The molecule has 0 aliphatic carbocycles. The van der Waals surface area contributed by atoms with Crippen molar-refractivity contribution < 1.29 is 0 Å². The Bertz CT molecular complexity index is 260. The molecular weight excluding hydrogens is 162 g/mol. The first-order valence-corrected chi connectivity index (χ1v) is 4.83. The van der Waals surface area contributed by atoms with Crippen LogP contribution < -0.4 is 5.32 Å². The summed E-state index contributed by atoms with van der Waals surface area (Å²) in [6, 6.07) is 0. The van der Waals surface area contributed by atoms with E-state index in [1.165, 1.54) is 12.0 Å². The van der Waals surface area contributed by atoms with Crippen LogP contribution >= 0.6 is 0 Å². The van der Waals surface area contributed by atoms with Crippen molar-refractivity contribution in [2.75, 3.05) is 13.1 Å². The Balaban J connectivity index is 2.15. The lowest BCUT2D eigenvalue weighted by molar-refractivity contribution is 0.348. The zero-order valence-electron chi connectivity index (χ0n) is 7.90. The van der Waals surface area contributed by atoms with Crippen LogP contribution in [0.3, 0.4) is 0 Å². The molecule has 2 rings (SSSR count). The van der Waals surface area contributed by atoms with Crippen LogP contribution in [0.5, 0.6) is 0 Å². The van der Waals surface area contributed by atoms with Gasteiger partial charge in [0, 0.05) is 12.4 Å². The van der Waals surface area contributed by atoms with Gasteiger partial charge < -0.3 is 5.32 Å². The molecular formula is C10H15N3. The lowest BCUT2D eigenvalue weighted by Crippen LogP contribution is -2.33. The van der Waals surface area contributed by atoms with Crippen LogP contribution in [0.4, 0.5) is 0 Å². The molecule has 0 radical (unpaired) electrons. The predicted molar refractivity (Wildman–Crippen MR) is 51.4 cm³/mol. The molecule has 0 bridgehead atoms. The van der Waals surface area contributed by atoms with Gasteiger partial charge in [-0.15, -0.1) is 0 Å². The van der Waals surface area contributed by atoms with E-state index in [0.717, 1.165) is 13.1 Å². The van der Waals surface area contributed by atoms with E-state index in [1.807, 2.05) is 12.4 Å². The Morgan fingerprint density at radius 1 is 1.38 bits per heavy atom. The molecule has 2 atom stereocenters. The normalized spacial score (nSPS) is 28.7. The largest absolute Gasteiger partial charge is 0.316 e. The molecule has 1 aromatic heterocycles. The van der Waals surface area contributed by atoms with Gasteiger partial charge in [-0.1, -0.05) is 6.92 Å². The van der Waals surface area contributed by atoms with E-state index in [1.54, 1.807) is 6.33 Å². The minimum atomic E-state index is 0.641. The highest BCUT2D eigenvalue weighted by atomic mass is 14.9. The van der Waals surface area contributed by atoms with Crippen LogP contribution in [0.15, 0.2) is 18.7 Å². The van der Waals surface area contributed by atoms with Gasteiger partial charge in [0.25, 0.3) is 0 Å². The molecule has 1 saturated heterocycles. The van der Waals surface area contributed by atoms with E-state index in [2.05, 4.69) is 22.2 Å². The zero-order valence-corrected chi connectivity index (χ0v) is 7.90. The van der Waals surface area contributed by atoms with Crippen LogP contribution in [-0.4, -0.2) is 23.1 Å². The fraction of sp³-hybridized carbons (Fsp3) is 0.600. The number of hydrogen-bond donors (Lipinski definition) is 1. The fourth-order valence-corrected chi connectivity index (χ4v) is 2.01. The number of hydrogen-bond acceptors (Lipinski definition) is 3. The Hall–Kier alpha value is -0.960. The number of piperidine rings is 1. The maximum Gasteiger partial charge on any atom is 0.115 e. The highest BCUT2D eigenvalue weighted by Crippen LogP contribution is 2.28. The Kier molecular flexibility index (Phi) is 2.54. The summed E-state index contributed by atoms with van der Waals surface area (Å²) in [5.41, 5.74) is 1.29. The van der Waals surface area contributed by atoms with Crippen LogP contribution in [-0.2, 0) is 0 Å². The minimum Gasteiger partial charge on any atom is -0.316 e. The van der Waals surface area contributed by atoms with Gasteiger partial charge in [0.05, 0.1) is 0 Å². The molecule has 0 saturated carbocycles. The highest BCUT2D eigenvalue weighted by Gasteiger charge is 2.22. The second-order valence-corrected chi connectivity index (χ2v) is 3.75. The number of rotatable bonds is 1. The van der Waals surface area contributed by atoms with Crippen LogP contribution in [0, 0.1) is 5.92 Å². The molecule has 70 valence electrons. The van der Waals surface area contributed by atoms with Crippen molar-refractivity contribution >= 4 is 0 Å². The first-order valence-electron chi connectivity index (χ1n) is 4.83. The first kappa shape index (κ1) is 8.63. The molecule has 13 heavy (non-hydrogen) atoms. The third-order valence-corrected chi connectivity index (χ3v) is 2.79. The maximum absolute atomic E-state index is 4.06. The minimum absolute atomic E-state index is 0.641. The molecule has 1 aliphatic rings. The summed E-state index contributed by atoms with van der Waals surface area (Å²) in [6.45, 7) is 4.51. The van der Waals surface area contributed by atoms with E-state index in [0.29, 0.717) is 11.8 Å². The lowest BCUT2D eigenvalue weighted by Gasteiger charge is -2.29. The number of nitrogens with zero attached hydrogens (tertiary/aromatic N) is 2. The zero-order chi connectivity index (χ0) is 9.10. The molecule has 2 unspecified atom stereocenters. The van der Waals surface area contributed by atoms with E-state index in [-0.39, 0.29) is 0 Å². The monoisotopic (exact) mass is 177 g/mol. The lowest BCUT2D eigenvalue weighted by atomic mass is 9.84. The van der Waals surface area contributed by atoms with E-state index < -0.39 is 0 Å². The quantitative estimate of drug-likeness (QED) is 0.700. The topological polar surface area (TPSA) is 37.8 Å². The van der Waals surface area contributed by atoms with Gasteiger partial charge in [-0.3, -0.25) is 0 Å². The molecule has 2 heterocycles. The van der Waals surface area contributed by atoms with E-state index >= 15 is 0 Å². The van der Waals surface area contributed by atoms with Gasteiger partial charge in [-0.25, -0.2) is 9.97 Å². The van der Waals surface area contributed by atoms with E-state index in [9.17, 15) is 0 Å². The summed E-state index contributed by atoms with van der Waals surface area (Å²) < 4.78 is 0. The third-order valence-electron chi connectivity index (χ3n) is 2.79. The van der Waals surface area contributed by atoms with Crippen LogP contribution in [0.2, 0.25) is 0 Å². The molecule has 1 fully saturated rings. The van der Waals surface area contributed by atoms with Gasteiger partial charge in [-0.2, -0.15) is 0 Å². The molecule has 1 N–H and O–H groups in total. The highest BCUT2D eigenvalue weighted by molar-refractivity contribution is 5.12.